The summed E-state index contributed by atoms with van der Waals surface area (Å²) in [4.78, 5) is 29.0. The molecular formula is C40H40N2O5. The third-order valence-electron chi connectivity index (χ3n) is 9.40. The van der Waals surface area contributed by atoms with Gasteiger partial charge in [-0.25, -0.2) is 0 Å². The summed E-state index contributed by atoms with van der Waals surface area (Å²) in [5.74, 6) is -2.41. The molecule has 47 heavy (non-hydrogen) atoms. The van der Waals surface area contributed by atoms with Crippen molar-refractivity contribution in [3.05, 3.63) is 131 Å². The minimum Gasteiger partial charge on any atom is -0.508 e. The Morgan fingerprint density at radius 2 is 1.57 bits per heavy atom. The zero-order valence-electron chi connectivity index (χ0n) is 26.4. The number of rotatable bonds is 11. The molecule has 4 atom stereocenters. The van der Waals surface area contributed by atoms with Gasteiger partial charge in [-0.15, -0.1) is 0 Å². The van der Waals surface area contributed by atoms with Crippen LogP contribution in [0.2, 0.25) is 0 Å². The maximum Gasteiger partial charge on any atom is 0.238 e. The van der Waals surface area contributed by atoms with Crippen LogP contribution >= 0.6 is 0 Å². The van der Waals surface area contributed by atoms with Crippen LogP contribution < -0.4 is 10.2 Å². The van der Waals surface area contributed by atoms with Crippen molar-refractivity contribution in [1.29, 1.82) is 0 Å². The number of nitrogens with zero attached hydrogens (tertiary/aromatic N) is 1. The Balaban J connectivity index is 1.23. The maximum absolute atomic E-state index is 14.0. The van der Waals surface area contributed by atoms with Crippen molar-refractivity contribution in [2.75, 3.05) is 16.8 Å². The van der Waals surface area contributed by atoms with Crippen LogP contribution in [0.15, 0.2) is 120 Å². The number of aromatic hydroxyl groups is 1. The zero-order valence-corrected chi connectivity index (χ0v) is 26.4. The molecule has 0 bridgehead atoms. The first-order valence-corrected chi connectivity index (χ1v) is 16.2. The van der Waals surface area contributed by atoms with Crippen molar-refractivity contribution in [2.45, 2.75) is 38.7 Å². The van der Waals surface area contributed by atoms with Gasteiger partial charge >= 0.3 is 0 Å². The number of hydrogen-bond donors (Lipinski definition) is 4. The van der Waals surface area contributed by atoms with Crippen LogP contribution in [0, 0.1) is 17.8 Å². The number of anilines is 3. The van der Waals surface area contributed by atoms with E-state index in [4.69, 9.17) is 0 Å². The van der Waals surface area contributed by atoms with E-state index in [2.05, 4.69) is 5.32 Å². The number of benzene rings is 4. The van der Waals surface area contributed by atoms with Gasteiger partial charge in [0.2, 0.25) is 11.8 Å². The molecule has 1 aliphatic heterocycles. The topological polar surface area (TPSA) is 110 Å². The smallest absolute Gasteiger partial charge is 0.238 e. The number of allylic oxidation sites excluding steroid dienone is 2. The minimum atomic E-state index is -0.903. The van der Waals surface area contributed by atoms with Gasteiger partial charge in [-0.3, -0.25) is 14.5 Å². The van der Waals surface area contributed by atoms with E-state index in [1.54, 1.807) is 30.3 Å². The molecular weight excluding hydrogens is 588 g/mol. The highest BCUT2D eigenvalue weighted by Crippen LogP contribution is 2.48. The first-order valence-electron chi connectivity index (χ1n) is 16.2. The molecule has 1 heterocycles. The van der Waals surface area contributed by atoms with Gasteiger partial charge in [-0.05, 0) is 96.5 Å². The Kier molecular flexibility index (Phi) is 9.66. The summed E-state index contributed by atoms with van der Waals surface area (Å²) >= 11 is 0. The molecule has 0 aromatic heterocycles. The molecule has 7 nitrogen and oxygen atoms in total. The van der Waals surface area contributed by atoms with Gasteiger partial charge in [0.25, 0.3) is 0 Å². The fourth-order valence-corrected chi connectivity index (χ4v) is 7.15. The average molecular weight is 629 g/mol. The number of carbonyl (C=O) groups excluding carboxylic acids is 2. The Hall–Kier alpha value is -4.98. The lowest BCUT2D eigenvalue weighted by molar-refractivity contribution is -0.123. The van der Waals surface area contributed by atoms with Crippen LogP contribution in [0.4, 0.5) is 17.1 Å². The van der Waals surface area contributed by atoms with Gasteiger partial charge in [0.05, 0.1) is 30.2 Å². The van der Waals surface area contributed by atoms with Crippen LogP contribution in [0.3, 0.4) is 0 Å². The van der Waals surface area contributed by atoms with E-state index in [0.717, 1.165) is 33.6 Å². The van der Waals surface area contributed by atoms with Crippen molar-refractivity contribution in [3.63, 3.8) is 0 Å². The number of nitrogens with one attached hydrogen (secondary N) is 1. The average Bonchev–Trinajstić information content (AvgIpc) is 3.35. The van der Waals surface area contributed by atoms with E-state index in [9.17, 15) is 24.9 Å². The first kappa shape index (κ1) is 32.0. The van der Waals surface area contributed by atoms with E-state index in [-0.39, 0.29) is 24.2 Å². The lowest BCUT2D eigenvalue weighted by Crippen LogP contribution is -2.39. The summed E-state index contributed by atoms with van der Waals surface area (Å²) < 4.78 is 0. The summed E-state index contributed by atoms with van der Waals surface area (Å²) in [7, 11) is 0. The zero-order chi connectivity index (χ0) is 32.9. The van der Waals surface area contributed by atoms with E-state index in [1.165, 1.54) is 4.90 Å². The number of phenolic OH excluding ortho intramolecular Hbond substituents is 1. The van der Waals surface area contributed by atoms with E-state index >= 15 is 0 Å². The predicted octanol–water partition coefficient (Wildman–Crippen LogP) is 7.34. The summed E-state index contributed by atoms with van der Waals surface area (Å²) in [5, 5.41) is 35.8. The molecule has 4 N–H and O–H groups in total. The highest BCUT2D eigenvalue weighted by Gasteiger charge is 2.55. The number of para-hydroxylation sites is 1. The molecule has 1 aliphatic carbocycles. The van der Waals surface area contributed by atoms with Gasteiger partial charge in [-0.2, -0.15) is 0 Å². The molecule has 2 aliphatic rings. The number of fused-ring (bicyclic) bond motifs is 1. The molecule has 7 heteroatoms. The van der Waals surface area contributed by atoms with Crippen LogP contribution in [0.1, 0.15) is 43.7 Å². The largest absolute Gasteiger partial charge is 0.508 e. The summed E-state index contributed by atoms with van der Waals surface area (Å²) in [6.07, 6.45) is 2.99. The van der Waals surface area contributed by atoms with Gasteiger partial charge in [-0.1, -0.05) is 79.2 Å². The molecule has 4 aromatic rings. The Bertz CT molecular complexity index is 1780. The van der Waals surface area contributed by atoms with Crippen LogP contribution in [0.25, 0.3) is 11.6 Å². The lowest BCUT2D eigenvalue weighted by Gasteiger charge is -2.36. The van der Waals surface area contributed by atoms with Gasteiger partial charge < -0.3 is 20.6 Å². The molecule has 1 saturated heterocycles. The van der Waals surface area contributed by atoms with Gasteiger partial charge in [0.15, 0.2) is 0 Å². The fourth-order valence-electron chi connectivity index (χ4n) is 7.15. The Morgan fingerprint density at radius 3 is 2.23 bits per heavy atom. The summed E-state index contributed by atoms with van der Waals surface area (Å²) in [6.45, 7) is 1.65. The standard InChI is InChI=1S/C40H40N2O5/c1-2-27-24-34-38(40(47)42(39(34)46)32-19-17-31(18-20-32)41-30-13-7-4-8-14-30)35(25-43)37(27)36(45)21-16-29(28-11-5-3-6-12-28)22-26-10-9-15-33(44)23-26/h3-15,17-20,22-23,34-36,38,41,43-45H,2,16,21,24-25H2,1H3/b29-22-/t34-,35+,36-,38-/m1/s1. The van der Waals surface area contributed by atoms with Crippen LogP contribution in [-0.4, -0.2) is 39.8 Å². The third kappa shape index (κ3) is 6.77. The molecule has 6 rings (SSSR count). The van der Waals surface area contributed by atoms with E-state index in [0.29, 0.717) is 36.9 Å². The van der Waals surface area contributed by atoms with Crippen molar-refractivity contribution in [1.82, 2.24) is 0 Å². The molecule has 0 unspecified atom stereocenters. The molecule has 1 fully saturated rings. The number of aliphatic hydroxyl groups is 2. The second-order valence-corrected chi connectivity index (χ2v) is 12.3. The molecule has 2 amide bonds. The first-order chi connectivity index (χ1) is 22.9. The maximum atomic E-state index is 14.0. The van der Waals surface area contributed by atoms with Crippen LogP contribution in [-0.2, 0) is 9.59 Å². The third-order valence-corrected chi connectivity index (χ3v) is 9.40. The van der Waals surface area contributed by atoms with Crippen molar-refractivity contribution < 1.29 is 24.9 Å². The summed E-state index contributed by atoms with van der Waals surface area (Å²) in [5.41, 5.74) is 6.72. The predicted molar refractivity (Wildman–Crippen MR) is 186 cm³/mol. The molecule has 4 aromatic carbocycles. The second kappa shape index (κ2) is 14.2. The number of hydrogen-bond acceptors (Lipinski definition) is 6. The van der Waals surface area contributed by atoms with Crippen molar-refractivity contribution in [2.24, 2.45) is 17.8 Å². The quantitative estimate of drug-likeness (QED) is 0.0786. The van der Waals surface area contributed by atoms with Gasteiger partial charge in [0, 0.05) is 17.3 Å². The monoisotopic (exact) mass is 628 g/mol. The molecule has 0 radical (unpaired) electrons. The van der Waals surface area contributed by atoms with Gasteiger partial charge in [0.1, 0.15) is 5.75 Å². The SMILES string of the molecule is CCC1=C([C@H](O)CC/C(=C/c2cccc(O)c2)c2ccccc2)[C@H](CO)[C@@H]2C(=O)N(c3ccc(Nc4ccccc4)cc3)C(=O)[C@@H]2C1. The molecule has 0 spiro atoms. The summed E-state index contributed by atoms with van der Waals surface area (Å²) in [6, 6.07) is 33.9. The molecule has 0 saturated carbocycles. The van der Waals surface area contributed by atoms with E-state index in [1.807, 2.05) is 91.9 Å². The number of phenols is 1. The number of imide groups is 1. The Labute approximate surface area is 275 Å². The van der Waals surface area contributed by atoms with Crippen LogP contribution in [0.5, 0.6) is 5.75 Å². The Morgan fingerprint density at radius 1 is 0.894 bits per heavy atom. The van der Waals surface area contributed by atoms with Crippen molar-refractivity contribution >= 4 is 40.5 Å². The fraction of sp³-hybridized carbons (Fsp3) is 0.250. The van der Waals surface area contributed by atoms with E-state index < -0.39 is 23.9 Å². The number of carbonyl (C=O) groups is 2. The molecule has 240 valence electrons. The van der Waals surface area contributed by atoms with Crippen molar-refractivity contribution in [3.8, 4) is 5.75 Å². The number of amides is 2. The minimum absolute atomic E-state index is 0.177. The normalized spacial score (nSPS) is 20.4. The number of aliphatic hydroxyl groups excluding tert-OH is 2. The highest BCUT2D eigenvalue weighted by atomic mass is 16.3. The highest BCUT2D eigenvalue weighted by molar-refractivity contribution is 6.22. The lowest BCUT2D eigenvalue weighted by atomic mass is 9.67. The second-order valence-electron chi connectivity index (χ2n) is 12.3.